The third-order valence-electron chi connectivity index (χ3n) is 9.14. The molecule has 1 amide bonds. The van der Waals surface area contributed by atoms with Gasteiger partial charge in [0.15, 0.2) is 28.2 Å². The van der Waals surface area contributed by atoms with Crippen LogP contribution in [0.25, 0.3) is 0 Å². The van der Waals surface area contributed by atoms with E-state index in [9.17, 15) is 37.2 Å². The summed E-state index contributed by atoms with van der Waals surface area (Å²) in [6.45, 7) is -0.403. The number of sulfonamides is 1. The molecule has 0 aliphatic heterocycles. The van der Waals surface area contributed by atoms with Crippen molar-refractivity contribution < 1.29 is 45.4 Å². The molecule has 2 saturated carbocycles. The Morgan fingerprint density at radius 1 is 0.906 bits per heavy atom. The number of hydrogen-bond donors (Lipinski definition) is 1. The van der Waals surface area contributed by atoms with Crippen molar-refractivity contribution in [3.63, 3.8) is 0 Å². The monoisotopic (exact) mass is 769 g/mol. The number of carbonyl (C=O) groups excluding carboxylic acids is 1. The molecule has 276 valence electrons. The number of nitriles is 1. The van der Waals surface area contributed by atoms with Gasteiger partial charge < -0.3 is 14.7 Å². The Hall–Kier alpha value is -4.97. The van der Waals surface area contributed by atoms with Crippen LogP contribution in [0.3, 0.4) is 0 Å². The molecule has 0 heterocycles. The zero-order valence-corrected chi connectivity index (χ0v) is 29.8. The number of ether oxygens (including phenoxy) is 1. The van der Waals surface area contributed by atoms with Crippen LogP contribution in [0.1, 0.15) is 82.6 Å². The van der Waals surface area contributed by atoms with Gasteiger partial charge in [0.1, 0.15) is 10.8 Å². The van der Waals surface area contributed by atoms with Crippen LogP contribution < -0.4 is 9.64 Å². The molecule has 2 aliphatic carbocycles. The van der Waals surface area contributed by atoms with Gasteiger partial charge in [0.05, 0.1) is 42.6 Å². The lowest BCUT2D eigenvalue weighted by Gasteiger charge is -2.29. The molecule has 0 spiro atoms. The highest BCUT2D eigenvalue weighted by molar-refractivity contribution is 7.89. The van der Waals surface area contributed by atoms with Gasteiger partial charge in [-0.3, -0.25) is 4.79 Å². The average molecular weight is 770 g/mol. The van der Waals surface area contributed by atoms with E-state index in [0.717, 1.165) is 36.8 Å². The van der Waals surface area contributed by atoms with Crippen LogP contribution in [0.5, 0.6) is 5.75 Å². The molecule has 0 aromatic heterocycles. The first kappa shape index (κ1) is 37.8. The highest BCUT2D eigenvalue weighted by Gasteiger charge is 2.39. The second-order valence-electron chi connectivity index (χ2n) is 12.9. The van der Waals surface area contributed by atoms with E-state index in [2.05, 4.69) is 6.07 Å². The zero-order chi connectivity index (χ0) is 38.2. The van der Waals surface area contributed by atoms with Crippen LogP contribution in [0.4, 0.5) is 23.2 Å². The maximum Gasteiger partial charge on any atom is 0.335 e. The lowest BCUT2D eigenvalue weighted by atomic mass is 9.99. The number of amides is 1. The Morgan fingerprint density at radius 3 is 2.13 bits per heavy atom. The minimum atomic E-state index is -5.56. The topological polar surface area (TPSA) is 128 Å². The van der Waals surface area contributed by atoms with Gasteiger partial charge in [-0.05, 0) is 91.0 Å². The Morgan fingerprint density at radius 2 is 1.55 bits per heavy atom. The van der Waals surface area contributed by atoms with Crippen molar-refractivity contribution in [2.24, 2.45) is 0 Å². The van der Waals surface area contributed by atoms with Gasteiger partial charge >= 0.3 is 5.97 Å². The second kappa shape index (κ2) is 15.2. The van der Waals surface area contributed by atoms with Gasteiger partial charge in [0, 0.05) is 6.54 Å². The number of halogens is 5. The fourth-order valence-corrected chi connectivity index (χ4v) is 7.86. The molecule has 9 nitrogen and oxygen atoms in total. The van der Waals surface area contributed by atoms with Crippen LogP contribution in [-0.4, -0.2) is 42.9 Å². The lowest BCUT2D eigenvalue weighted by Crippen LogP contribution is -2.43. The number of rotatable bonds is 14. The van der Waals surface area contributed by atoms with E-state index < -0.39 is 68.2 Å². The summed E-state index contributed by atoms with van der Waals surface area (Å²) in [5, 5.41) is 17.8. The van der Waals surface area contributed by atoms with Gasteiger partial charge in [-0.1, -0.05) is 48.0 Å². The van der Waals surface area contributed by atoms with Crippen molar-refractivity contribution in [1.29, 1.82) is 5.26 Å². The van der Waals surface area contributed by atoms with Crippen LogP contribution >= 0.6 is 11.6 Å². The number of nitrogens with zero attached hydrogens (tertiary/aromatic N) is 3. The Balaban J connectivity index is 1.49. The Labute approximate surface area is 308 Å². The summed E-state index contributed by atoms with van der Waals surface area (Å²) in [6.07, 6.45) is 4.00. The van der Waals surface area contributed by atoms with Crippen LogP contribution in [0.2, 0.25) is 5.02 Å². The molecule has 0 bridgehead atoms. The summed E-state index contributed by atoms with van der Waals surface area (Å²) >= 11 is 5.55. The highest BCUT2D eigenvalue weighted by Crippen LogP contribution is 2.46. The first-order valence-corrected chi connectivity index (χ1v) is 18.5. The summed E-state index contributed by atoms with van der Waals surface area (Å²) in [6, 6.07) is 17.4. The van der Waals surface area contributed by atoms with Gasteiger partial charge in [0.25, 0.3) is 0 Å². The van der Waals surface area contributed by atoms with Crippen molar-refractivity contribution >= 4 is 39.2 Å². The van der Waals surface area contributed by atoms with E-state index in [1.807, 2.05) is 18.2 Å². The number of carboxylic acids is 1. The maximum absolute atomic E-state index is 15.4. The van der Waals surface area contributed by atoms with Crippen LogP contribution in [0.15, 0.2) is 65.6 Å². The van der Waals surface area contributed by atoms with Crippen LogP contribution in [-0.2, 0) is 27.9 Å². The molecule has 0 unspecified atom stereocenters. The first-order valence-electron chi connectivity index (χ1n) is 16.7. The summed E-state index contributed by atoms with van der Waals surface area (Å²) in [7, 11) is -5.56. The molecule has 0 atom stereocenters. The molecule has 2 fully saturated rings. The van der Waals surface area contributed by atoms with Crippen molar-refractivity contribution in [1.82, 2.24) is 4.31 Å². The van der Waals surface area contributed by atoms with E-state index >= 15 is 8.78 Å². The molecule has 4 aromatic carbocycles. The first-order chi connectivity index (χ1) is 25.2. The molecule has 4 aromatic rings. The summed E-state index contributed by atoms with van der Waals surface area (Å²) < 4.78 is 93.7. The standard InChI is InChI=1S/C38H32ClF4N3O6S/c1-2-52-30-16-24(38(48)49)11-12-29(30)46(18-21-13-27(22-7-8-22)15-28(14-21)23-9-10-23)31(47)20-45(19-26-6-4-3-5-25(26)17-44)53(50,51)37-34(41)32(39)33(40)35(42)36(37)43/h3-6,11-16,22-23H,2,7-10,18-20H2,1H3,(H,48,49). The summed E-state index contributed by atoms with van der Waals surface area (Å²) in [4.78, 5) is 25.7. The molecule has 6 rings (SSSR count). The Kier molecular flexibility index (Phi) is 10.8. The third kappa shape index (κ3) is 7.88. The third-order valence-corrected chi connectivity index (χ3v) is 11.3. The van der Waals surface area contributed by atoms with Crippen molar-refractivity contribution in [2.75, 3.05) is 18.1 Å². The predicted molar refractivity (Wildman–Crippen MR) is 186 cm³/mol. The van der Waals surface area contributed by atoms with E-state index in [4.69, 9.17) is 16.3 Å². The minimum Gasteiger partial charge on any atom is -0.492 e. The SMILES string of the molecule is CCOc1cc(C(=O)O)ccc1N(Cc1cc(C2CC2)cc(C2CC2)c1)C(=O)CN(Cc1ccccc1C#N)S(=O)(=O)c1c(F)c(F)c(F)c(Cl)c1F. The van der Waals surface area contributed by atoms with Gasteiger partial charge in [-0.15, -0.1) is 0 Å². The largest absolute Gasteiger partial charge is 0.492 e. The zero-order valence-electron chi connectivity index (χ0n) is 28.2. The quantitative estimate of drug-likeness (QED) is 0.0781. The number of aromatic carboxylic acids is 1. The number of anilines is 1. The van der Waals surface area contributed by atoms with Gasteiger partial charge in [-0.25, -0.2) is 30.8 Å². The second-order valence-corrected chi connectivity index (χ2v) is 15.2. The minimum absolute atomic E-state index is 0.0183. The normalized spacial score (nSPS) is 14.2. The van der Waals surface area contributed by atoms with Crippen molar-refractivity contribution in [3.8, 4) is 11.8 Å². The molecule has 0 radical (unpaired) electrons. The van der Waals surface area contributed by atoms with Crippen LogP contribution in [0, 0.1) is 34.6 Å². The fraction of sp³-hybridized carbons (Fsp3) is 0.289. The van der Waals surface area contributed by atoms with Gasteiger partial charge in [-0.2, -0.15) is 9.57 Å². The summed E-state index contributed by atoms with van der Waals surface area (Å²) in [5.41, 5.74) is 2.75. The Bertz CT molecular complexity index is 2220. The van der Waals surface area contributed by atoms with E-state index in [-0.39, 0.29) is 41.3 Å². The molecule has 2 aliphatic rings. The number of carboxylic acid groups (broad SMARTS) is 1. The van der Waals surface area contributed by atoms with E-state index in [1.165, 1.54) is 47.4 Å². The molecule has 1 N–H and O–H groups in total. The highest BCUT2D eigenvalue weighted by atomic mass is 35.5. The average Bonchev–Trinajstić information content (AvgIpc) is 4.06. The number of carbonyl (C=O) groups is 2. The van der Waals surface area contributed by atoms with E-state index in [0.29, 0.717) is 21.7 Å². The maximum atomic E-state index is 15.4. The predicted octanol–water partition coefficient (Wildman–Crippen LogP) is 8.04. The fourth-order valence-electron chi connectivity index (χ4n) is 6.13. The molecule has 15 heteroatoms. The number of hydrogen-bond acceptors (Lipinski definition) is 6. The lowest BCUT2D eigenvalue weighted by molar-refractivity contribution is -0.119. The molecular formula is C38H32ClF4N3O6S. The smallest absolute Gasteiger partial charge is 0.335 e. The summed E-state index contributed by atoms with van der Waals surface area (Å²) in [5.74, 6) is -10.6. The van der Waals surface area contributed by atoms with Crippen molar-refractivity contribution in [3.05, 3.63) is 122 Å². The van der Waals surface area contributed by atoms with E-state index in [1.54, 1.807) is 6.92 Å². The molecule has 53 heavy (non-hydrogen) atoms. The number of benzene rings is 4. The van der Waals surface area contributed by atoms with Gasteiger partial charge in [0.2, 0.25) is 15.9 Å². The molecular weight excluding hydrogens is 738 g/mol. The van der Waals surface area contributed by atoms with Crippen molar-refractivity contribution in [2.45, 2.75) is 62.4 Å². The molecule has 0 saturated heterocycles.